The van der Waals surface area contributed by atoms with Crippen LogP contribution in [0.3, 0.4) is 0 Å². The molecule has 0 saturated heterocycles. The second-order valence-electron chi connectivity index (χ2n) is 15.1. The predicted octanol–water partition coefficient (Wildman–Crippen LogP) is 6.16. The molecule has 0 radical (unpaired) electrons. The third-order valence-electron chi connectivity index (χ3n) is 6.76. The van der Waals surface area contributed by atoms with Crippen molar-refractivity contribution in [1.82, 2.24) is 53.8 Å². The Morgan fingerprint density at radius 2 is 1.05 bits per heavy atom. The van der Waals surface area contributed by atoms with Crippen molar-refractivity contribution in [2.75, 3.05) is 0 Å². The lowest BCUT2D eigenvalue weighted by atomic mass is 9.93. The van der Waals surface area contributed by atoms with Gasteiger partial charge in [-0.3, -0.25) is 0 Å². The van der Waals surface area contributed by atoms with Crippen LogP contribution in [0.15, 0.2) is 18.9 Å². The van der Waals surface area contributed by atoms with Gasteiger partial charge in [-0.2, -0.15) is 0 Å². The van der Waals surface area contributed by atoms with Crippen LogP contribution in [0.2, 0.25) is 0 Å². The fraction of sp³-hybridized carbons (Fsp3) is 0.719. The van der Waals surface area contributed by atoms with Crippen molar-refractivity contribution in [2.24, 2.45) is 21.1 Å². The Kier molecular flexibility index (Phi) is 12.6. The summed E-state index contributed by atoms with van der Waals surface area (Å²) in [4.78, 5) is 4.25. The van der Waals surface area contributed by atoms with E-state index >= 15 is 0 Å². The molecule has 4 heterocycles. The number of aryl methyl sites for hydroxylation is 4. The number of aromatic nitrogens is 11. The first kappa shape index (κ1) is 37.7. The van der Waals surface area contributed by atoms with Crippen LogP contribution in [0.1, 0.15) is 125 Å². The molecule has 4 rings (SSSR count). The van der Waals surface area contributed by atoms with E-state index in [1.54, 1.807) is 12.7 Å². The minimum atomic E-state index is 0.0933. The first-order valence-electron chi connectivity index (χ1n) is 15.0. The van der Waals surface area contributed by atoms with Crippen molar-refractivity contribution in [2.45, 2.75) is 132 Å². The summed E-state index contributed by atoms with van der Waals surface area (Å²) in [5, 5.41) is 23.8. The van der Waals surface area contributed by atoms with Gasteiger partial charge in [0.1, 0.15) is 41.8 Å². The second kappa shape index (κ2) is 14.4. The molecule has 0 aromatic carbocycles. The lowest BCUT2D eigenvalue weighted by Crippen LogP contribution is -2.18. The van der Waals surface area contributed by atoms with Gasteiger partial charge >= 0.3 is 0 Å². The van der Waals surface area contributed by atoms with Gasteiger partial charge in [0.05, 0.1) is 0 Å². The van der Waals surface area contributed by atoms with Crippen molar-refractivity contribution in [3.8, 4) is 0 Å². The monoisotopic (exact) mass is 597 g/mol. The fourth-order valence-corrected chi connectivity index (χ4v) is 4.29. The van der Waals surface area contributed by atoms with Crippen molar-refractivity contribution in [3.63, 3.8) is 0 Å². The summed E-state index contributed by atoms with van der Waals surface area (Å²) in [6.07, 6.45) is 5.45. The highest BCUT2D eigenvalue weighted by Crippen LogP contribution is 2.22. The Bertz CT molecular complexity index is 1330. The van der Waals surface area contributed by atoms with Crippen LogP contribution in [0.5, 0.6) is 0 Å². The molecule has 0 amide bonds. The smallest absolute Gasteiger partial charge is 0.138 e. The van der Waals surface area contributed by atoms with Crippen LogP contribution in [0, 0.1) is 13.8 Å². The molecule has 242 valence electrons. The van der Waals surface area contributed by atoms with Gasteiger partial charge in [-0.25, -0.2) is 4.98 Å². The fourth-order valence-electron chi connectivity index (χ4n) is 4.29. The summed E-state index contributed by atoms with van der Waals surface area (Å²) < 4.78 is 8.18. The van der Waals surface area contributed by atoms with Gasteiger partial charge in [0.25, 0.3) is 0 Å². The molecule has 4 aromatic heterocycles. The van der Waals surface area contributed by atoms with Gasteiger partial charge in [-0.15, -0.1) is 30.6 Å². The number of hydrogen-bond acceptors (Lipinski definition) is 7. The minimum Gasteiger partial charge on any atom is -0.335 e. The average Bonchev–Trinajstić information content (AvgIpc) is 3.63. The normalized spacial score (nSPS) is 12.0. The summed E-state index contributed by atoms with van der Waals surface area (Å²) >= 11 is 0. The Labute approximate surface area is 260 Å². The molecule has 0 fully saturated rings. The molecule has 0 unspecified atom stereocenters. The average molecular weight is 598 g/mol. The van der Waals surface area contributed by atoms with E-state index in [2.05, 4.69) is 142 Å². The molecule has 0 saturated carbocycles. The lowest BCUT2D eigenvalue weighted by Gasteiger charge is -2.18. The van der Waals surface area contributed by atoms with E-state index in [4.69, 9.17) is 0 Å². The zero-order valence-electron chi connectivity index (χ0n) is 30.4. The van der Waals surface area contributed by atoms with E-state index in [0.29, 0.717) is 0 Å². The molecule has 11 nitrogen and oxygen atoms in total. The molecular formula is C32H59N11. The number of nitrogens with zero attached hydrogens (tertiary/aromatic N) is 11. The van der Waals surface area contributed by atoms with Crippen LogP contribution >= 0.6 is 0 Å². The number of imidazole rings is 1. The molecule has 43 heavy (non-hydrogen) atoms. The van der Waals surface area contributed by atoms with Crippen LogP contribution < -0.4 is 0 Å². The van der Waals surface area contributed by atoms with Crippen molar-refractivity contribution >= 4 is 0 Å². The Morgan fingerprint density at radius 3 is 1.28 bits per heavy atom. The molecule has 0 aliphatic heterocycles. The molecule has 4 aromatic rings. The first-order valence-corrected chi connectivity index (χ1v) is 15.0. The minimum absolute atomic E-state index is 0.0933. The van der Waals surface area contributed by atoms with Gasteiger partial charge in [0, 0.05) is 61.2 Å². The van der Waals surface area contributed by atoms with Gasteiger partial charge in [-0.1, -0.05) is 83.1 Å². The van der Waals surface area contributed by atoms with E-state index in [9.17, 15) is 0 Å². The zero-order valence-corrected chi connectivity index (χ0v) is 30.4. The van der Waals surface area contributed by atoms with Crippen LogP contribution in [0.25, 0.3) is 0 Å². The molecule has 0 aliphatic carbocycles. The third kappa shape index (κ3) is 11.0. The van der Waals surface area contributed by atoms with E-state index in [1.807, 2.05) is 43.3 Å². The first-order chi connectivity index (χ1) is 19.4. The topological polar surface area (TPSA) is 110 Å². The number of hydrogen-bond donors (Lipinski definition) is 0. The van der Waals surface area contributed by atoms with Gasteiger partial charge in [0.2, 0.25) is 0 Å². The molecule has 0 spiro atoms. The molecule has 0 aliphatic rings. The molecule has 11 heteroatoms. The summed E-state index contributed by atoms with van der Waals surface area (Å²) in [5.74, 6) is 5.16. The van der Waals surface area contributed by atoms with Crippen LogP contribution in [0.4, 0.5) is 0 Å². The summed E-state index contributed by atoms with van der Waals surface area (Å²) in [7, 11) is 6.01. The summed E-state index contributed by atoms with van der Waals surface area (Å²) in [6, 6.07) is 0. The van der Waals surface area contributed by atoms with E-state index in [-0.39, 0.29) is 21.7 Å². The molecule has 0 bridgehead atoms. The van der Waals surface area contributed by atoms with Crippen molar-refractivity contribution in [3.05, 3.63) is 53.7 Å². The second-order valence-corrected chi connectivity index (χ2v) is 15.1. The number of rotatable bonds is 1. The van der Waals surface area contributed by atoms with E-state index < -0.39 is 0 Å². The maximum atomic E-state index is 4.25. The SMILES string of the molecule is CCn1cnnc1C(C)(C)C.Cc1ncc(C(C)(C)C)n1C.Cc1nnc(C(C)(C)C)n1C.Cn1cnnc1C(C)(C)C. The van der Waals surface area contributed by atoms with Crippen molar-refractivity contribution in [1.29, 1.82) is 0 Å². The Balaban J connectivity index is 0.000000287. The van der Waals surface area contributed by atoms with Gasteiger partial charge in [-0.05, 0) is 20.8 Å². The highest BCUT2D eigenvalue weighted by atomic mass is 15.3. The van der Waals surface area contributed by atoms with E-state index in [1.165, 1.54) is 5.69 Å². The quantitative estimate of drug-likeness (QED) is 0.259. The molecule has 0 N–H and O–H groups in total. The lowest BCUT2D eigenvalue weighted by molar-refractivity contribution is 0.505. The highest BCUT2D eigenvalue weighted by molar-refractivity contribution is 5.13. The standard InChI is InChI=1S/C9H16N2.2C8H15N3.C7H13N3/c1-7-10-6-8(11(7)5)9(2,3)4;1-6-9-10-7(11(6)5)8(2,3)4;1-5-11-6-9-10-7(11)8(2,3)4;1-7(2,3)6-9-8-5-10(6)4/h6H,1-5H3;1-5H3;6H,5H2,1-4H3;5H,1-4H3. The maximum Gasteiger partial charge on any atom is 0.138 e. The van der Waals surface area contributed by atoms with Crippen LogP contribution in [-0.4, -0.2) is 53.8 Å². The van der Waals surface area contributed by atoms with Crippen LogP contribution in [-0.2, 0) is 49.3 Å². The van der Waals surface area contributed by atoms with E-state index in [0.717, 1.165) is 35.7 Å². The molecular weight excluding hydrogens is 538 g/mol. The Morgan fingerprint density at radius 1 is 0.558 bits per heavy atom. The maximum absolute atomic E-state index is 4.25. The highest BCUT2D eigenvalue weighted by Gasteiger charge is 2.21. The zero-order chi connectivity index (χ0) is 33.6. The summed E-state index contributed by atoms with van der Waals surface area (Å²) in [6.45, 7) is 32.8. The van der Waals surface area contributed by atoms with Gasteiger partial charge < -0.3 is 18.3 Å². The largest absolute Gasteiger partial charge is 0.335 e. The Hall–Kier alpha value is -3.37. The molecule has 0 atom stereocenters. The van der Waals surface area contributed by atoms with Gasteiger partial charge in [0.15, 0.2) is 0 Å². The summed E-state index contributed by atoms with van der Waals surface area (Å²) in [5.41, 5.74) is 1.79. The van der Waals surface area contributed by atoms with Crippen molar-refractivity contribution < 1.29 is 0 Å². The predicted molar refractivity (Wildman–Crippen MR) is 175 cm³/mol. The third-order valence-corrected chi connectivity index (χ3v) is 6.76.